The van der Waals surface area contributed by atoms with Gasteiger partial charge in [-0.05, 0) is 38.0 Å². The van der Waals surface area contributed by atoms with Gasteiger partial charge in [-0.1, -0.05) is 49.1 Å². The van der Waals surface area contributed by atoms with Crippen LogP contribution in [0.3, 0.4) is 0 Å². The summed E-state index contributed by atoms with van der Waals surface area (Å²) in [6.07, 6.45) is 10.6. The Bertz CT molecular complexity index is 1350. The van der Waals surface area contributed by atoms with Gasteiger partial charge in [-0.2, -0.15) is 0 Å². The van der Waals surface area contributed by atoms with Gasteiger partial charge in [0.1, 0.15) is 4.91 Å². The van der Waals surface area contributed by atoms with Crippen LogP contribution in [-0.2, 0) is 21.4 Å². The van der Waals surface area contributed by atoms with E-state index in [4.69, 9.17) is 9.47 Å². The summed E-state index contributed by atoms with van der Waals surface area (Å²) >= 11 is 0. The van der Waals surface area contributed by atoms with Crippen LogP contribution in [0.25, 0.3) is 0 Å². The molecule has 0 saturated carbocycles. The highest BCUT2D eigenvalue weighted by molar-refractivity contribution is 7.93. The van der Waals surface area contributed by atoms with Crippen LogP contribution in [0.5, 0.6) is 11.5 Å². The largest absolute Gasteiger partial charge is 0.493 e. The van der Waals surface area contributed by atoms with E-state index in [9.17, 15) is 13.2 Å². The van der Waals surface area contributed by atoms with Crippen LogP contribution in [0.4, 0.5) is 0 Å². The van der Waals surface area contributed by atoms with Crippen molar-refractivity contribution in [3.8, 4) is 11.5 Å². The molecule has 0 aromatic heterocycles. The number of para-hydroxylation sites is 1. The van der Waals surface area contributed by atoms with Crippen LogP contribution in [0, 0.1) is 0 Å². The Labute approximate surface area is 244 Å². The van der Waals surface area contributed by atoms with E-state index in [1.165, 1.54) is 12.2 Å². The van der Waals surface area contributed by atoms with E-state index < -0.39 is 16.1 Å². The molecule has 2 aliphatic heterocycles. The molecule has 9 nitrogen and oxygen atoms in total. The minimum Gasteiger partial charge on any atom is -0.493 e. The van der Waals surface area contributed by atoms with Crippen molar-refractivity contribution in [2.45, 2.75) is 32.9 Å². The summed E-state index contributed by atoms with van der Waals surface area (Å²) in [6.45, 7) is 15.0. The SMILES string of the molecule is C=C/C(=C1/NCC=C/C1=C/C)S(=O)(=O)N[C@@H](C=C)C/C=C(\C)C(=O)N1CCN(Cc2cccc(OC)c2OC)CC1. The Hall–Kier alpha value is -3.60. The number of methoxy groups -OCH3 is 2. The predicted octanol–water partition coefficient (Wildman–Crippen LogP) is 3.66. The van der Waals surface area contributed by atoms with Crippen molar-refractivity contribution < 1.29 is 22.7 Å². The maximum atomic E-state index is 13.3. The van der Waals surface area contributed by atoms with Crippen molar-refractivity contribution >= 4 is 15.9 Å². The van der Waals surface area contributed by atoms with Gasteiger partial charge in [0.05, 0.1) is 19.9 Å². The molecule has 0 radical (unpaired) electrons. The predicted molar refractivity (Wildman–Crippen MR) is 164 cm³/mol. The molecule has 2 heterocycles. The third-order valence-corrected chi connectivity index (χ3v) is 8.72. The summed E-state index contributed by atoms with van der Waals surface area (Å²) in [7, 11) is -0.644. The summed E-state index contributed by atoms with van der Waals surface area (Å²) in [6, 6.07) is 5.24. The molecule has 1 fully saturated rings. The van der Waals surface area contributed by atoms with Crippen LogP contribution in [0.2, 0.25) is 0 Å². The summed E-state index contributed by atoms with van der Waals surface area (Å²) in [5, 5.41) is 3.13. The number of hydrogen-bond acceptors (Lipinski definition) is 7. The highest BCUT2D eigenvalue weighted by atomic mass is 32.2. The molecular weight excluding hydrogens is 540 g/mol. The minimum absolute atomic E-state index is 0.0564. The van der Waals surface area contributed by atoms with Gasteiger partial charge in [-0.15, -0.1) is 6.58 Å². The first-order chi connectivity index (χ1) is 19.7. The molecule has 1 aromatic carbocycles. The van der Waals surface area contributed by atoms with E-state index in [2.05, 4.69) is 28.1 Å². The maximum Gasteiger partial charge on any atom is 0.249 e. The molecule has 1 saturated heterocycles. The number of amides is 1. The van der Waals surface area contributed by atoms with E-state index in [0.717, 1.165) is 30.0 Å². The highest BCUT2D eigenvalue weighted by Crippen LogP contribution is 2.31. The van der Waals surface area contributed by atoms with Gasteiger partial charge < -0.3 is 19.7 Å². The lowest BCUT2D eigenvalue weighted by Crippen LogP contribution is -2.48. The maximum absolute atomic E-state index is 13.3. The van der Waals surface area contributed by atoms with Gasteiger partial charge in [0.2, 0.25) is 15.9 Å². The molecule has 41 heavy (non-hydrogen) atoms. The fraction of sp³-hybridized carbons (Fsp3) is 0.387. The van der Waals surface area contributed by atoms with E-state index >= 15 is 0 Å². The number of carbonyl (C=O) groups excluding carboxylic acids is 1. The van der Waals surface area contributed by atoms with E-state index in [1.807, 2.05) is 48.3 Å². The summed E-state index contributed by atoms with van der Waals surface area (Å²) in [4.78, 5) is 17.3. The second-order valence-electron chi connectivity index (χ2n) is 9.78. The summed E-state index contributed by atoms with van der Waals surface area (Å²) in [5.74, 6) is 1.37. The average molecular weight is 583 g/mol. The monoisotopic (exact) mass is 582 g/mol. The molecule has 2 N–H and O–H groups in total. The van der Waals surface area contributed by atoms with E-state index in [0.29, 0.717) is 49.6 Å². The van der Waals surface area contributed by atoms with E-state index in [1.54, 1.807) is 27.2 Å². The van der Waals surface area contributed by atoms with Crippen LogP contribution < -0.4 is 19.5 Å². The Balaban J connectivity index is 1.60. The first-order valence-corrected chi connectivity index (χ1v) is 15.1. The first-order valence-electron chi connectivity index (χ1n) is 13.7. The van der Waals surface area contributed by atoms with Crippen molar-refractivity contribution in [3.05, 3.63) is 95.1 Å². The van der Waals surface area contributed by atoms with Crippen molar-refractivity contribution in [1.82, 2.24) is 19.8 Å². The van der Waals surface area contributed by atoms with Gasteiger partial charge in [-0.3, -0.25) is 9.69 Å². The number of benzene rings is 1. The molecule has 222 valence electrons. The van der Waals surface area contributed by atoms with Gasteiger partial charge in [0, 0.05) is 56.4 Å². The number of nitrogens with one attached hydrogen (secondary N) is 2. The Morgan fingerprint density at radius 3 is 2.51 bits per heavy atom. The topological polar surface area (TPSA) is 100 Å². The number of hydrogen-bond donors (Lipinski definition) is 2. The summed E-state index contributed by atoms with van der Waals surface area (Å²) < 4.78 is 40.2. The minimum atomic E-state index is -3.90. The molecule has 2 aliphatic rings. The van der Waals surface area contributed by atoms with Crippen molar-refractivity contribution in [2.24, 2.45) is 0 Å². The zero-order valence-corrected chi connectivity index (χ0v) is 25.3. The third-order valence-electron chi connectivity index (χ3n) is 7.16. The summed E-state index contributed by atoms with van der Waals surface area (Å²) in [5.41, 5.74) is 2.88. The Morgan fingerprint density at radius 2 is 1.90 bits per heavy atom. The van der Waals surface area contributed by atoms with E-state index in [-0.39, 0.29) is 10.8 Å². The number of rotatable bonds is 12. The van der Waals surface area contributed by atoms with Crippen molar-refractivity contribution in [3.63, 3.8) is 0 Å². The molecule has 0 aliphatic carbocycles. The van der Waals surface area contributed by atoms with Crippen molar-refractivity contribution in [1.29, 1.82) is 0 Å². The van der Waals surface area contributed by atoms with Crippen LogP contribution >= 0.6 is 0 Å². The molecule has 0 bridgehead atoms. The van der Waals surface area contributed by atoms with Crippen molar-refractivity contribution in [2.75, 3.05) is 46.9 Å². The lowest BCUT2D eigenvalue weighted by atomic mass is 10.1. The smallest absolute Gasteiger partial charge is 0.249 e. The molecule has 3 rings (SSSR count). The molecule has 1 aromatic rings. The number of nitrogens with zero attached hydrogens (tertiary/aromatic N) is 2. The number of sulfonamides is 1. The Morgan fingerprint density at radius 1 is 1.17 bits per heavy atom. The average Bonchev–Trinajstić information content (AvgIpc) is 2.99. The standard InChI is InChI=1S/C31H42N4O5S/c1-7-24-13-11-17-32-29(24)28(9-3)41(37,38)33-26(8-2)16-15-23(4)31(36)35-20-18-34(19-21-35)22-25-12-10-14-27(39-5)30(25)40-6/h7-15,26,32-33H,2-3,16-22H2,1,4-6H3/b23-15+,24-7-,29-28-/t26-/m0/s1. The van der Waals surface area contributed by atoms with Gasteiger partial charge >= 0.3 is 0 Å². The number of ether oxygens (including phenoxy) is 2. The lowest BCUT2D eigenvalue weighted by Gasteiger charge is -2.35. The van der Waals surface area contributed by atoms with Crippen LogP contribution in [0.1, 0.15) is 25.8 Å². The fourth-order valence-electron chi connectivity index (χ4n) is 4.87. The molecule has 1 amide bonds. The molecule has 0 unspecified atom stereocenters. The van der Waals surface area contributed by atoms with Gasteiger partial charge in [-0.25, -0.2) is 13.1 Å². The van der Waals surface area contributed by atoms with Gasteiger partial charge in [0.15, 0.2) is 11.5 Å². The number of carbonyl (C=O) groups is 1. The third kappa shape index (κ3) is 8.00. The second kappa shape index (κ2) is 14.9. The lowest BCUT2D eigenvalue weighted by molar-refractivity contribution is -0.128. The first kappa shape index (κ1) is 31.9. The highest BCUT2D eigenvalue weighted by Gasteiger charge is 2.26. The normalized spacial score (nSPS) is 19.4. The fourth-order valence-corrected chi connectivity index (χ4v) is 6.27. The molecule has 1 atom stereocenters. The van der Waals surface area contributed by atoms with Crippen LogP contribution in [-0.4, -0.2) is 77.1 Å². The number of piperazine rings is 1. The zero-order chi connectivity index (χ0) is 30.0. The van der Waals surface area contributed by atoms with Crippen LogP contribution in [0.15, 0.2) is 89.6 Å². The second-order valence-corrected chi connectivity index (χ2v) is 11.5. The van der Waals surface area contributed by atoms with Gasteiger partial charge in [0.25, 0.3) is 0 Å². The number of allylic oxidation sites excluding steroid dienone is 3. The quantitative estimate of drug-likeness (QED) is 0.287. The Kier molecular flexibility index (Phi) is 11.6. The molecule has 10 heteroatoms. The molecular formula is C31H42N4O5S. The molecule has 0 spiro atoms. The zero-order valence-electron chi connectivity index (χ0n) is 24.5.